The maximum absolute atomic E-state index is 11.4. The van der Waals surface area contributed by atoms with Gasteiger partial charge in [-0.05, 0) is 6.92 Å². The van der Waals surface area contributed by atoms with Crippen molar-refractivity contribution in [2.75, 3.05) is 39.4 Å². The largest absolute Gasteiger partial charge is 0.450 e. The molecule has 0 bridgehead atoms. The minimum absolute atomic E-state index is 0.0639. The topological polar surface area (TPSA) is 70.1 Å². The zero-order chi connectivity index (χ0) is 12.0. The molecular formula is C10H18N2O4. The predicted octanol–water partition coefficient (Wildman–Crippen LogP) is -0.331. The molecule has 0 saturated carbocycles. The van der Waals surface area contributed by atoms with Crippen LogP contribution in [0.2, 0.25) is 0 Å². The number of aliphatic hydroxyl groups is 1. The van der Waals surface area contributed by atoms with Crippen molar-refractivity contribution >= 4 is 12.0 Å². The lowest BCUT2D eigenvalue weighted by Gasteiger charge is -2.34. The van der Waals surface area contributed by atoms with Gasteiger partial charge in [-0.15, -0.1) is 0 Å². The van der Waals surface area contributed by atoms with Gasteiger partial charge in [0, 0.05) is 32.6 Å². The SMILES string of the molecule is CCOC(=O)N1CCN(C(=O)CCO)CC1. The molecule has 6 heteroatoms. The van der Waals surface area contributed by atoms with Crippen LogP contribution in [0.15, 0.2) is 0 Å². The number of carbonyl (C=O) groups excluding carboxylic acids is 2. The van der Waals surface area contributed by atoms with Gasteiger partial charge in [-0.1, -0.05) is 0 Å². The molecule has 6 nitrogen and oxygen atoms in total. The van der Waals surface area contributed by atoms with E-state index in [0.29, 0.717) is 32.8 Å². The van der Waals surface area contributed by atoms with Crippen LogP contribution in [0.5, 0.6) is 0 Å². The zero-order valence-electron chi connectivity index (χ0n) is 9.52. The molecular weight excluding hydrogens is 212 g/mol. The fraction of sp³-hybridized carbons (Fsp3) is 0.800. The van der Waals surface area contributed by atoms with Crippen molar-refractivity contribution in [2.24, 2.45) is 0 Å². The van der Waals surface area contributed by atoms with Crippen molar-refractivity contribution in [3.05, 3.63) is 0 Å². The van der Waals surface area contributed by atoms with Gasteiger partial charge in [-0.25, -0.2) is 4.79 Å². The number of carbonyl (C=O) groups is 2. The number of amides is 2. The Morgan fingerprint density at radius 3 is 2.25 bits per heavy atom. The first-order chi connectivity index (χ1) is 7.69. The van der Waals surface area contributed by atoms with E-state index in [0.717, 1.165) is 0 Å². The summed E-state index contributed by atoms with van der Waals surface area (Å²) in [7, 11) is 0. The highest BCUT2D eigenvalue weighted by Gasteiger charge is 2.24. The van der Waals surface area contributed by atoms with E-state index in [9.17, 15) is 9.59 Å². The molecule has 0 aliphatic carbocycles. The van der Waals surface area contributed by atoms with Crippen molar-refractivity contribution in [2.45, 2.75) is 13.3 Å². The Morgan fingerprint density at radius 2 is 1.75 bits per heavy atom. The number of ether oxygens (including phenoxy) is 1. The van der Waals surface area contributed by atoms with E-state index >= 15 is 0 Å². The normalized spacial score (nSPS) is 16.1. The average Bonchev–Trinajstić information content (AvgIpc) is 2.30. The highest BCUT2D eigenvalue weighted by atomic mass is 16.6. The molecule has 0 aromatic carbocycles. The molecule has 2 amide bonds. The Balaban J connectivity index is 2.33. The van der Waals surface area contributed by atoms with Gasteiger partial charge in [-0.3, -0.25) is 4.79 Å². The number of piperazine rings is 1. The van der Waals surface area contributed by atoms with E-state index in [4.69, 9.17) is 9.84 Å². The van der Waals surface area contributed by atoms with Crippen LogP contribution in [0.1, 0.15) is 13.3 Å². The molecule has 0 aromatic heterocycles. The minimum Gasteiger partial charge on any atom is -0.450 e. The molecule has 0 radical (unpaired) electrons. The first-order valence-electron chi connectivity index (χ1n) is 5.49. The van der Waals surface area contributed by atoms with Crippen LogP contribution in [-0.2, 0) is 9.53 Å². The van der Waals surface area contributed by atoms with E-state index in [1.165, 1.54) is 0 Å². The summed E-state index contributed by atoms with van der Waals surface area (Å²) in [6.45, 7) is 4.01. The molecule has 92 valence electrons. The fourth-order valence-electron chi connectivity index (χ4n) is 1.61. The Morgan fingerprint density at radius 1 is 1.19 bits per heavy atom. The van der Waals surface area contributed by atoms with Crippen LogP contribution in [0, 0.1) is 0 Å². The van der Waals surface area contributed by atoms with Crippen LogP contribution in [0.3, 0.4) is 0 Å². The first kappa shape index (κ1) is 12.8. The second kappa shape index (κ2) is 6.32. The van der Waals surface area contributed by atoms with Gasteiger partial charge in [0.25, 0.3) is 0 Å². The van der Waals surface area contributed by atoms with Crippen LogP contribution in [0.25, 0.3) is 0 Å². The molecule has 0 atom stereocenters. The molecule has 16 heavy (non-hydrogen) atoms. The van der Waals surface area contributed by atoms with E-state index in [-0.39, 0.29) is 25.0 Å². The van der Waals surface area contributed by atoms with Gasteiger partial charge in [0.1, 0.15) is 0 Å². The quantitative estimate of drug-likeness (QED) is 0.720. The smallest absolute Gasteiger partial charge is 0.409 e. The fourth-order valence-corrected chi connectivity index (χ4v) is 1.61. The summed E-state index contributed by atoms with van der Waals surface area (Å²) >= 11 is 0. The highest BCUT2D eigenvalue weighted by Crippen LogP contribution is 2.05. The highest BCUT2D eigenvalue weighted by molar-refractivity contribution is 5.76. The maximum Gasteiger partial charge on any atom is 0.409 e. The third-order valence-corrected chi connectivity index (χ3v) is 2.48. The van der Waals surface area contributed by atoms with Gasteiger partial charge in [0.2, 0.25) is 5.91 Å². The lowest BCUT2D eigenvalue weighted by molar-refractivity contribution is -0.133. The van der Waals surface area contributed by atoms with Crippen LogP contribution < -0.4 is 0 Å². The summed E-state index contributed by atoms with van der Waals surface area (Å²) < 4.78 is 4.87. The van der Waals surface area contributed by atoms with Crippen molar-refractivity contribution in [1.29, 1.82) is 0 Å². The van der Waals surface area contributed by atoms with Gasteiger partial charge in [0.05, 0.1) is 13.2 Å². The summed E-state index contributed by atoms with van der Waals surface area (Å²) in [5.41, 5.74) is 0. The summed E-state index contributed by atoms with van der Waals surface area (Å²) in [6.07, 6.45) is -0.170. The van der Waals surface area contributed by atoms with Gasteiger partial charge >= 0.3 is 6.09 Å². The molecule has 1 aliphatic rings. The standard InChI is InChI=1S/C10H18N2O4/c1-2-16-10(15)12-6-4-11(5-7-12)9(14)3-8-13/h13H,2-8H2,1H3. The molecule has 0 unspecified atom stereocenters. The summed E-state index contributed by atoms with van der Waals surface area (Å²) in [5.74, 6) is -0.0639. The molecule has 1 fully saturated rings. The van der Waals surface area contributed by atoms with Gasteiger partial charge < -0.3 is 19.6 Å². The van der Waals surface area contributed by atoms with Gasteiger partial charge in [-0.2, -0.15) is 0 Å². The van der Waals surface area contributed by atoms with E-state index in [1.807, 2.05) is 0 Å². The Labute approximate surface area is 94.8 Å². The molecule has 1 aliphatic heterocycles. The second-order valence-electron chi connectivity index (χ2n) is 3.54. The van der Waals surface area contributed by atoms with Gasteiger partial charge in [0.15, 0.2) is 0 Å². The Bertz CT molecular complexity index is 223. The van der Waals surface area contributed by atoms with Crippen LogP contribution in [0.4, 0.5) is 4.79 Å². The molecule has 1 saturated heterocycles. The lowest BCUT2D eigenvalue weighted by atomic mass is 10.3. The van der Waals surface area contributed by atoms with E-state index in [2.05, 4.69) is 0 Å². The number of nitrogens with zero attached hydrogens (tertiary/aromatic N) is 2. The van der Waals surface area contributed by atoms with Crippen molar-refractivity contribution in [1.82, 2.24) is 9.80 Å². The predicted molar refractivity (Wildman–Crippen MR) is 56.9 cm³/mol. The second-order valence-corrected chi connectivity index (χ2v) is 3.54. The first-order valence-corrected chi connectivity index (χ1v) is 5.49. The molecule has 1 heterocycles. The van der Waals surface area contributed by atoms with Crippen molar-refractivity contribution in [3.63, 3.8) is 0 Å². The summed E-state index contributed by atoms with van der Waals surface area (Å²) in [5, 5.41) is 8.65. The van der Waals surface area contributed by atoms with E-state index in [1.54, 1.807) is 16.7 Å². The third-order valence-electron chi connectivity index (χ3n) is 2.48. The van der Waals surface area contributed by atoms with Crippen molar-refractivity contribution in [3.8, 4) is 0 Å². The minimum atomic E-state index is -0.322. The zero-order valence-corrected chi connectivity index (χ0v) is 9.52. The molecule has 1 rings (SSSR count). The van der Waals surface area contributed by atoms with Crippen LogP contribution >= 0.6 is 0 Å². The number of hydrogen-bond acceptors (Lipinski definition) is 4. The lowest BCUT2D eigenvalue weighted by Crippen LogP contribution is -2.50. The molecule has 0 aromatic rings. The molecule has 1 N–H and O–H groups in total. The maximum atomic E-state index is 11.4. The average molecular weight is 230 g/mol. The summed E-state index contributed by atoms with van der Waals surface area (Å²) in [4.78, 5) is 26.0. The Kier molecular flexibility index (Phi) is 5.04. The summed E-state index contributed by atoms with van der Waals surface area (Å²) in [6, 6.07) is 0. The van der Waals surface area contributed by atoms with Crippen molar-refractivity contribution < 1.29 is 19.4 Å². The monoisotopic (exact) mass is 230 g/mol. The number of rotatable bonds is 3. The number of aliphatic hydroxyl groups excluding tert-OH is 1. The van der Waals surface area contributed by atoms with E-state index < -0.39 is 0 Å². The number of hydrogen-bond donors (Lipinski definition) is 1. The van der Waals surface area contributed by atoms with Crippen LogP contribution in [-0.4, -0.2) is 66.3 Å². The third kappa shape index (κ3) is 3.37. The Hall–Kier alpha value is -1.30. The molecule has 0 spiro atoms.